The standard InChI is InChI=1S/C18H21O4P/c1-14(16-10-6-3-7-11-16)12-17(18(19)20)23(21,22)13-15-8-4-2-5-9-15/h2-11,14,17H,12-13H2,1H3,(H,19,20)(H,21,22). The van der Waals surface area contributed by atoms with Crippen molar-refractivity contribution >= 4 is 13.3 Å². The third-order valence-corrected chi connectivity index (χ3v) is 6.19. The molecule has 2 rings (SSSR count). The fourth-order valence-electron chi connectivity index (χ4n) is 2.65. The van der Waals surface area contributed by atoms with E-state index in [2.05, 4.69) is 0 Å². The summed E-state index contributed by atoms with van der Waals surface area (Å²) in [5, 5.41) is 9.45. The number of hydrogen-bond donors (Lipinski definition) is 2. The van der Waals surface area contributed by atoms with Gasteiger partial charge in [0, 0.05) is 0 Å². The van der Waals surface area contributed by atoms with E-state index in [1.807, 2.05) is 43.3 Å². The second kappa shape index (κ2) is 7.58. The van der Waals surface area contributed by atoms with Crippen LogP contribution in [0.1, 0.15) is 30.4 Å². The molecule has 0 fully saturated rings. The molecule has 122 valence electrons. The lowest BCUT2D eigenvalue weighted by molar-refractivity contribution is -0.136. The Bertz CT molecular complexity index is 685. The van der Waals surface area contributed by atoms with Gasteiger partial charge in [0.1, 0.15) is 5.66 Å². The number of rotatable bonds is 7. The topological polar surface area (TPSA) is 74.6 Å². The van der Waals surface area contributed by atoms with Gasteiger partial charge in [-0.15, -0.1) is 0 Å². The monoisotopic (exact) mass is 332 g/mol. The molecule has 3 atom stereocenters. The molecular weight excluding hydrogens is 311 g/mol. The Morgan fingerprint density at radius 2 is 1.57 bits per heavy atom. The number of carboxylic acids is 1. The predicted octanol–water partition coefficient (Wildman–Crippen LogP) is 4.10. The zero-order chi connectivity index (χ0) is 16.9. The van der Waals surface area contributed by atoms with Gasteiger partial charge in [0.2, 0.25) is 7.37 Å². The number of benzene rings is 2. The van der Waals surface area contributed by atoms with Crippen molar-refractivity contribution in [3.63, 3.8) is 0 Å². The Morgan fingerprint density at radius 3 is 2.09 bits per heavy atom. The van der Waals surface area contributed by atoms with Crippen molar-refractivity contribution in [1.29, 1.82) is 0 Å². The average molecular weight is 332 g/mol. The normalized spacial score (nSPS) is 16.3. The SMILES string of the molecule is CC(CC(C(=O)O)P(=O)(O)Cc1ccccc1)c1ccccc1. The first kappa shape index (κ1) is 17.5. The predicted molar refractivity (Wildman–Crippen MR) is 90.9 cm³/mol. The van der Waals surface area contributed by atoms with Gasteiger partial charge >= 0.3 is 5.97 Å². The zero-order valence-electron chi connectivity index (χ0n) is 13.0. The van der Waals surface area contributed by atoms with Gasteiger partial charge in [0.15, 0.2) is 0 Å². The molecule has 0 aromatic heterocycles. The van der Waals surface area contributed by atoms with E-state index in [0.717, 1.165) is 5.56 Å². The number of hydrogen-bond acceptors (Lipinski definition) is 2. The molecule has 0 saturated carbocycles. The maximum atomic E-state index is 12.7. The quantitative estimate of drug-likeness (QED) is 0.749. The molecule has 2 aromatic rings. The Labute approximate surface area is 136 Å². The summed E-state index contributed by atoms with van der Waals surface area (Å²) < 4.78 is 12.7. The molecule has 0 aliphatic rings. The summed E-state index contributed by atoms with van der Waals surface area (Å²) in [6.07, 6.45) is 0.0201. The minimum Gasteiger partial charge on any atom is -0.481 e. The van der Waals surface area contributed by atoms with Crippen LogP contribution in [0.15, 0.2) is 60.7 Å². The summed E-state index contributed by atoms with van der Waals surface area (Å²) in [6.45, 7) is 1.88. The van der Waals surface area contributed by atoms with Crippen molar-refractivity contribution in [3.05, 3.63) is 71.8 Å². The van der Waals surface area contributed by atoms with Crippen LogP contribution < -0.4 is 0 Å². The van der Waals surface area contributed by atoms with Gasteiger partial charge in [-0.1, -0.05) is 67.6 Å². The highest BCUT2D eigenvalue weighted by Gasteiger charge is 2.38. The first-order valence-corrected chi connectivity index (χ1v) is 9.44. The van der Waals surface area contributed by atoms with E-state index in [0.29, 0.717) is 5.56 Å². The fourth-order valence-corrected chi connectivity index (χ4v) is 4.59. The summed E-state index contributed by atoms with van der Waals surface area (Å²) in [5.41, 5.74) is 0.383. The van der Waals surface area contributed by atoms with Crippen molar-refractivity contribution in [2.75, 3.05) is 0 Å². The maximum Gasteiger partial charge on any atom is 0.316 e. The van der Waals surface area contributed by atoms with Gasteiger partial charge in [-0.05, 0) is 23.5 Å². The molecule has 2 aromatic carbocycles. The number of carboxylic acid groups (broad SMARTS) is 1. The first-order chi connectivity index (χ1) is 10.9. The van der Waals surface area contributed by atoms with E-state index >= 15 is 0 Å². The lowest BCUT2D eigenvalue weighted by Crippen LogP contribution is -2.23. The molecule has 0 saturated heterocycles. The molecule has 4 nitrogen and oxygen atoms in total. The van der Waals surface area contributed by atoms with Crippen LogP contribution in [0.5, 0.6) is 0 Å². The van der Waals surface area contributed by atoms with Gasteiger partial charge in [-0.2, -0.15) is 0 Å². The molecule has 0 radical (unpaired) electrons. The van der Waals surface area contributed by atoms with Crippen molar-refractivity contribution in [2.24, 2.45) is 0 Å². The summed E-state index contributed by atoms with van der Waals surface area (Å²) in [4.78, 5) is 21.9. The van der Waals surface area contributed by atoms with E-state index in [1.165, 1.54) is 0 Å². The van der Waals surface area contributed by atoms with E-state index < -0.39 is 19.0 Å². The van der Waals surface area contributed by atoms with Crippen molar-refractivity contribution in [2.45, 2.75) is 31.1 Å². The third kappa shape index (κ3) is 4.78. The van der Waals surface area contributed by atoms with Crippen molar-refractivity contribution in [3.8, 4) is 0 Å². The molecule has 0 aliphatic heterocycles. The summed E-state index contributed by atoms with van der Waals surface area (Å²) >= 11 is 0. The van der Waals surface area contributed by atoms with E-state index in [1.54, 1.807) is 24.3 Å². The van der Waals surface area contributed by atoms with Crippen LogP contribution in [0.4, 0.5) is 0 Å². The fraction of sp³-hybridized carbons (Fsp3) is 0.278. The largest absolute Gasteiger partial charge is 0.481 e. The Morgan fingerprint density at radius 1 is 1.04 bits per heavy atom. The molecular formula is C18H21O4P. The van der Waals surface area contributed by atoms with E-state index in [9.17, 15) is 19.4 Å². The van der Waals surface area contributed by atoms with Crippen LogP contribution >= 0.6 is 7.37 Å². The summed E-state index contributed by atoms with van der Waals surface area (Å²) in [6, 6.07) is 18.3. The molecule has 2 N–H and O–H groups in total. The molecule has 0 spiro atoms. The van der Waals surface area contributed by atoms with Crippen LogP contribution in [0.25, 0.3) is 0 Å². The smallest absolute Gasteiger partial charge is 0.316 e. The highest BCUT2D eigenvalue weighted by Crippen LogP contribution is 2.52. The molecule has 0 amide bonds. The second-order valence-electron chi connectivity index (χ2n) is 5.80. The van der Waals surface area contributed by atoms with Crippen molar-refractivity contribution < 1.29 is 19.4 Å². The molecule has 3 unspecified atom stereocenters. The zero-order valence-corrected chi connectivity index (χ0v) is 13.9. The maximum absolute atomic E-state index is 12.7. The van der Waals surface area contributed by atoms with Gasteiger partial charge in [-0.25, -0.2) is 0 Å². The summed E-state index contributed by atoms with van der Waals surface area (Å²) in [7, 11) is -3.85. The van der Waals surface area contributed by atoms with Gasteiger partial charge in [-0.3, -0.25) is 9.36 Å². The van der Waals surface area contributed by atoms with E-state index in [-0.39, 0.29) is 18.5 Å². The molecule has 0 aliphatic carbocycles. The lowest BCUT2D eigenvalue weighted by atomic mass is 9.96. The van der Waals surface area contributed by atoms with E-state index in [4.69, 9.17) is 0 Å². The second-order valence-corrected chi connectivity index (χ2v) is 8.25. The lowest BCUT2D eigenvalue weighted by Gasteiger charge is -2.23. The highest BCUT2D eigenvalue weighted by atomic mass is 31.2. The molecule has 5 heteroatoms. The van der Waals surface area contributed by atoms with Crippen molar-refractivity contribution in [1.82, 2.24) is 0 Å². The van der Waals surface area contributed by atoms with Gasteiger partial charge in [0.25, 0.3) is 0 Å². The minimum absolute atomic E-state index is 0.103. The highest BCUT2D eigenvalue weighted by molar-refractivity contribution is 7.59. The Kier molecular flexibility index (Phi) is 5.75. The molecule has 0 heterocycles. The van der Waals surface area contributed by atoms with Crippen LogP contribution in [0.2, 0.25) is 0 Å². The molecule has 23 heavy (non-hydrogen) atoms. The van der Waals surface area contributed by atoms with Gasteiger partial charge in [0.05, 0.1) is 6.16 Å². The molecule has 0 bridgehead atoms. The Balaban J connectivity index is 2.17. The van der Waals surface area contributed by atoms with Crippen LogP contribution in [-0.4, -0.2) is 21.6 Å². The minimum atomic E-state index is -3.85. The third-order valence-electron chi connectivity index (χ3n) is 3.97. The number of aliphatic carboxylic acids is 1. The van der Waals surface area contributed by atoms with Crippen LogP contribution in [-0.2, 0) is 15.5 Å². The Hall–Kier alpha value is -1.90. The first-order valence-electron chi connectivity index (χ1n) is 7.53. The van der Waals surface area contributed by atoms with Gasteiger partial charge < -0.3 is 10.00 Å². The summed E-state index contributed by atoms with van der Waals surface area (Å²) in [5.74, 6) is -1.32. The van der Waals surface area contributed by atoms with Crippen LogP contribution in [0.3, 0.4) is 0 Å². The van der Waals surface area contributed by atoms with Crippen LogP contribution in [0, 0.1) is 0 Å². The average Bonchev–Trinajstić information content (AvgIpc) is 2.53. The number of carbonyl (C=O) groups is 1.